The van der Waals surface area contributed by atoms with Crippen LogP contribution in [0.3, 0.4) is 0 Å². The molecule has 0 amide bonds. The van der Waals surface area contributed by atoms with E-state index in [1.807, 2.05) is 30.3 Å². The van der Waals surface area contributed by atoms with E-state index in [1.165, 1.54) is 10.9 Å². The van der Waals surface area contributed by atoms with E-state index < -0.39 is 0 Å². The number of methoxy groups -OCH3 is 2. The number of rotatable bonds is 5. The lowest BCUT2D eigenvalue weighted by atomic mass is 10.1. The van der Waals surface area contributed by atoms with Crippen LogP contribution in [-0.4, -0.2) is 29.0 Å². The van der Waals surface area contributed by atoms with Gasteiger partial charge in [-0.1, -0.05) is 0 Å². The minimum absolute atomic E-state index is 0. The Bertz CT molecular complexity index is 840. The van der Waals surface area contributed by atoms with Crippen molar-refractivity contribution in [3.05, 3.63) is 52.0 Å². The van der Waals surface area contributed by atoms with Gasteiger partial charge in [0.05, 0.1) is 20.8 Å². The zero-order chi connectivity index (χ0) is 15.5. The Hall–Kier alpha value is -2.25. The molecule has 0 saturated heterocycles. The number of ether oxygens (including phenoxy) is 2. The third kappa shape index (κ3) is 3.57. The van der Waals surface area contributed by atoms with Crippen LogP contribution in [0.2, 0.25) is 0 Å². The molecule has 0 aliphatic heterocycles. The van der Waals surface area contributed by atoms with Crippen molar-refractivity contribution in [3.8, 4) is 21.9 Å². The normalized spacial score (nSPS) is 10.2. The van der Waals surface area contributed by atoms with Crippen LogP contribution in [0.1, 0.15) is 4.88 Å². The van der Waals surface area contributed by atoms with Crippen molar-refractivity contribution in [2.45, 2.75) is 6.54 Å². The fourth-order valence-corrected chi connectivity index (χ4v) is 3.16. The van der Waals surface area contributed by atoms with Gasteiger partial charge in [-0.2, -0.15) is 5.10 Å². The summed E-state index contributed by atoms with van der Waals surface area (Å²) in [6.07, 6.45) is 1.50. The Morgan fingerprint density at radius 1 is 1.17 bits per heavy atom. The van der Waals surface area contributed by atoms with E-state index in [4.69, 9.17) is 9.47 Å². The summed E-state index contributed by atoms with van der Waals surface area (Å²) in [5.74, 6) is 1.40. The molecule has 0 radical (unpaired) electrons. The molecule has 23 heavy (non-hydrogen) atoms. The van der Waals surface area contributed by atoms with Gasteiger partial charge in [0.25, 0.3) is 0 Å². The predicted molar refractivity (Wildman–Crippen MR) is 92.1 cm³/mol. The van der Waals surface area contributed by atoms with E-state index >= 15 is 0 Å². The van der Waals surface area contributed by atoms with Gasteiger partial charge in [0, 0.05) is 9.75 Å². The molecule has 2 aromatic heterocycles. The highest BCUT2D eigenvalue weighted by molar-refractivity contribution is 7.15. The Balaban J connectivity index is 0.00000192. The van der Waals surface area contributed by atoms with Gasteiger partial charge < -0.3 is 9.47 Å². The molecule has 0 aliphatic carbocycles. The maximum atomic E-state index is 11.5. The van der Waals surface area contributed by atoms with E-state index in [9.17, 15) is 4.79 Å². The predicted octanol–water partition coefficient (Wildman–Crippen LogP) is 2.79. The fraction of sp³-hybridized carbons (Fsp3) is 0.200. The molecule has 0 aliphatic rings. The number of halogens is 1. The van der Waals surface area contributed by atoms with Crippen LogP contribution in [0.15, 0.2) is 41.5 Å². The van der Waals surface area contributed by atoms with Crippen molar-refractivity contribution >= 4 is 23.7 Å². The average Bonchev–Trinajstić information content (AvgIpc) is 3.17. The summed E-state index contributed by atoms with van der Waals surface area (Å²) in [6.45, 7) is 0.507. The molecule has 0 spiro atoms. The van der Waals surface area contributed by atoms with E-state index in [2.05, 4.69) is 10.2 Å². The first-order valence-electron chi connectivity index (χ1n) is 6.62. The quantitative estimate of drug-likeness (QED) is 0.765. The van der Waals surface area contributed by atoms with Crippen LogP contribution in [0, 0.1) is 0 Å². The van der Waals surface area contributed by atoms with Gasteiger partial charge in [0.15, 0.2) is 11.5 Å². The zero-order valence-electron chi connectivity index (χ0n) is 12.6. The van der Waals surface area contributed by atoms with Gasteiger partial charge in [-0.25, -0.2) is 9.89 Å². The molecule has 0 unspecified atom stereocenters. The van der Waals surface area contributed by atoms with Gasteiger partial charge in [-0.3, -0.25) is 4.57 Å². The molecule has 3 rings (SSSR count). The number of nitrogens with one attached hydrogen (secondary N) is 1. The van der Waals surface area contributed by atoms with Crippen LogP contribution >= 0.6 is 23.7 Å². The molecular formula is C15H16ClN3O3S. The zero-order valence-corrected chi connectivity index (χ0v) is 14.2. The Labute approximate surface area is 143 Å². The van der Waals surface area contributed by atoms with Crippen molar-refractivity contribution in [1.82, 2.24) is 14.8 Å². The molecule has 122 valence electrons. The Morgan fingerprint density at radius 3 is 2.61 bits per heavy atom. The summed E-state index contributed by atoms with van der Waals surface area (Å²) in [5, 5.41) is 6.11. The molecule has 8 heteroatoms. The third-order valence-electron chi connectivity index (χ3n) is 3.27. The fourth-order valence-electron chi connectivity index (χ4n) is 2.16. The summed E-state index contributed by atoms with van der Waals surface area (Å²) in [5.41, 5.74) is 0.842. The maximum absolute atomic E-state index is 11.5. The van der Waals surface area contributed by atoms with Crippen LogP contribution in [0.25, 0.3) is 10.4 Å². The number of hydrogen-bond donors (Lipinski definition) is 1. The molecule has 0 bridgehead atoms. The van der Waals surface area contributed by atoms with Crippen molar-refractivity contribution in [3.63, 3.8) is 0 Å². The van der Waals surface area contributed by atoms with Crippen molar-refractivity contribution < 1.29 is 9.47 Å². The molecule has 2 heterocycles. The number of benzene rings is 1. The SMILES string of the molecule is COc1ccc(-c2ccc(Cn3cn[nH]c3=O)s2)cc1OC.Cl. The van der Waals surface area contributed by atoms with Crippen LogP contribution in [-0.2, 0) is 6.54 Å². The minimum atomic E-state index is -0.207. The number of aromatic amines is 1. The molecule has 0 saturated carbocycles. The number of nitrogens with zero attached hydrogens (tertiary/aromatic N) is 2. The van der Waals surface area contributed by atoms with Crippen LogP contribution < -0.4 is 15.2 Å². The summed E-state index contributed by atoms with van der Waals surface area (Å²) in [4.78, 5) is 13.7. The van der Waals surface area contributed by atoms with E-state index in [0.29, 0.717) is 18.0 Å². The molecule has 3 aromatic rings. The number of thiophene rings is 1. The van der Waals surface area contributed by atoms with E-state index in [-0.39, 0.29) is 18.1 Å². The van der Waals surface area contributed by atoms with Crippen molar-refractivity contribution in [2.75, 3.05) is 14.2 Å². The molecule has 0 fully saturated rings. The maximum Gasteiger partial charge on any atom is 0.343 e. The lowest BCUT2D eigenvalue weighted by molar-refractivity contribution is 0.355. The number of hydrogen-bond acceptors (Lipinski definition) is 5. The van der Waals surface area contributed by atoms with Gasteiger partial charge in [0.2, 0.25) is 0 Å². The first-order valence-corrected chi connectivity index (χ1v) is 7.44. The van der Waals surface area contributed by atoms with Crippen molar-refractivity contribution in [2.24, 2.45) is 0 Å². The highest BCUT2D eigenvalue weighted by Crippen LogP contribution is 2.35. The topological polar surface area (TPSA) is 69.1 Å². The number of H-pyrrole nitrogens is 1. The van der Waals surface area contributed by atoms with E-state index in [0.717, 1.165) is 15.3 Å². The highest BCUT2D eigenvalue weighted by atomic mass is 35.5. The third-order valence-corrected chi connectivity index (χ3v) is 4.39. The monoisotopic (exact) mass is 353 g/mol. The molecule has 0 atom stereocenters. The largest absolute Gasteiger partial charge is 0.493 e. The summed E-state index contributed by atoms with van der Waals surface area (Å²) in [7, 11) is 3.23. The summed E-state index contributed by atoms with van der Waals surface area (Å²) >= 11 is 1.63. The summed E-state index contributed by atoms with van der Waals surface area (Å²) < 4.78 is 12.1. The molecular weight excluding hydrogens is 338 g/mol. The first kappa shape index (κ1) is 17.1. The van der Waals surface area contributed by atoms with Crippen LogP contribution in [0.4, 0.5) is 0 Å². The lowest BCUT2D eigenvalue weighted by Crippen LogP contribution is -2.16. The second kappa shape index (κ2) is 7.34. The lowest BCUT2D eigenvalue weighted by Gasteiger charge is -2.08. The molecule has 6 nitrogen and oxygen atoms in total. The van der Waals surface area contributed by atoms with Gasteiger partial charge in [-0.05, 0) is 35.9 Å². The Kier molecular flexibility index (Phi) is 5.46. The van der Waals surface area contributed by atoms with Crippen molar-refractivity contribution in [1.29, 1.82) is 0 Å². The second-order valence-electron chi connectivity index (χ2n) is 4.63. The highest BCUT2D eigenvalue weighted by Gasteiger charge is 2.09. The first-order chi connectivity index (χ1) is 10.7. The van der Waals surface area contributed by atoms with Gasteiger partial charge in [-0.15, -0.1) is 23.7 Å². The van der Waals surface area contributed by atoms with Crippen LogP contribution in [0.5, 0.6) is 11.5 Å². The molecule has 1 aromatic carbocycles. The van der Waals surface area contributed by atoms with Gasteiger partial charge >= 0.3 is 5.69 Å². The van der Waals surface area contributed by atoms with E-state index in [1.54, 1.807) is 25.6 Å². The minimum Gasteiger partial charge on any atom is -0.493 e. The molecule has 1 N–H and O–H groups in total. The Morgan fingerprint density at radius 2 is 1.96 bits per heavy atom. The number of aromatic nitrogens is 3. The second-order valence-corrected chi connectivity index (χ2v) is 5.79. The average molecular weight is 354 g/mol. The van der Waals surface area contributed by atoms with Gasteiger partial charge in [0.1, 0.15) is 6.33 Å². The standard InChI is InChI=1S/C15H15N3O3S.ClH/c1-20-12-5-3-10(7-13(12)21-2)14-6-4-11(22-14)8-18-9-16-17-15(18)19;/h3-7,9H,8H2,1-2H3,(H,17,19);1H. The smallest absolute Gasteiger partial charge is 0.343 e. The summed E-state index contributed by atoms with van der Waals surface area (Å²) in [6, 6.07) is 9.86.